The molecule has 30 heavy (non-hydrogen) atoms. The molecule has 0 amide bonds. The summed E-state index contributed by atoms with van der Waals surface area (Å²) >= 11 is 7.74. The normalized spacial score (nSPS) is 15.5. The molecule has 2 heterocycles. The summed E-state index contributed by atoms with van der Waals surface area (Å²) in [5, 5.41) is 4.38. The van der Waals surface area contributed by atoms with Crippen LogP contribution in [0.25, 0.3) is 0 Å². The smallest absolute Gasteiger partial charge is 0.240 e. The van der Waals surface area contributed by atoms with Crippen LogP contribution in [0.3, 0.4) is 0 Å². The Morgan fingerprint density at radius 3 is 2.70 bits per heavy atom. The standard InChI is InChI=1S/C22H23ClN2O3S2/c1-28-22-7-6-19(12-20(22)23)30(26,27)24-13-21(18-9-11-29-15-18)25-10-8-16-4-2-3-5-17(16)14-25/h2-7,9,11-12,15,21,24H,8,10,13-14H2,1H3/t21-/m0/s1. The quantitative estimate of drug-likeness (QED) is 0.562. The minimum Gasteiger partial charge on any atom is -0.495 e. The Hall–Kier alpha value is -1.90. The van der Waals surface area contributed by atoms with Crippen molar-refractivity contribution in [2.75, 3.05) is 20.2 Å². The van der Waals surface area contributed by atoms with Crippen LogP contribution in [0.15, 0.2) is 64.2 Å². The Balaban J connectivity index is 1.54. The first-order chi connectivity index (χ1) is 14.5. The maximum absolute atomic E-state index is 12.9. The lowest BCUT2D eigenvalue weighted by Crippen LogP contribution is -2.40. The van der Waals surface area contributed by atoms with Gasteiger partial charge in [0, 0.05) is 25.7 Å². The maximum atomic E-state index is 12.9. The van der Waals surface area contributed by atoms with Crippen molar-refractivity contribution in [3.05, 3.63) is 81.0 Å². The molecule has 0 saturated carbocycles. The van der Waals surface area contributed by atoms with Crippen molar-refractivity contribution < 1.29 is 13.2 Å². The molecule has 0 unspecified atom stereocenters. The van der Waals surface area contributed by atoms with Gasteiger partial charge in [0.15, 0.2) is 0 Å². The van der Waals surface area contributed by atoms with E-state index >= 15 is 0 Å². The molecule has 0 saturated heterocycles. The second-order valence-electron chi connectivity index (χ2n) is 7.21. The Labute approximate surface area is 186 Å². The summed E-state index contributed by atoms with van der Waals surface area (Å²) in [6.07, 6.45) is 0.956. The van der Waals surface area contributed by atoms with Gasteiger partial charge in [-0.1, -0.05) is 35.9 Å². The number of sulfonamides is 1. The van der Waals surface area contributed by atoms with Gasteiger partial charge in [-0.05, 0) is 58.1 Å². The van der Waals surface area contributed by atoms with Crippen molar-refractivity contribution in [2.24, 2.45) is 0 Å². The first kappa shape index (κ1) is 21.3. The average molecular weight is 463 g/mol. The molecule has 0 fully saturated rings. The second-order valence-corrected chi connectivity index (χ2v) is 10.2. The largest absolute Gasteiger partial charge is 0.495 e. The Kier molecular flexibility index (Phi) is 6.46. The number of nitrogens with one attached hydrogen (secondary N) is 1. The fraction of sp³-hybridized carbons (Fsp3) is 0.273. The number of hydrogen-bond donors (Lipinski definition) is 1. The molecule has 2 aromatic carbocycles. The summed E-state index contributed by atoms with van der Waals surface area (Å²) in [5.41, 5.74) is 3.79. The zero-order chi connectivity index (χ0) is 21.1. The average Bonchev–Trinajstić information content (AvgIpc) is 3.28. The Morgan fingerprint density at radius 2 is 2.00 bits per heavy atom. The molecule has 0 radical (unpaired) electrons. The summed E-state index contributed by atoms with van der Waals surface area (Å²) in [6, 6.07) is 14.9. The zero-order valence-corrected chi connectivity index (χ0v) is 18.9. The third kappa shape index (κ3) is 4.55. The van der Waals surface area contributed by atoms with Gasteiger partial charge in [-0.15, -0.1) is 0 Å². The van der Waals surface area contributed by atoms with E-state index in [0.29, 0.717) is 5.75 Å². The number of halogens is 1. The minimum atomic E-state index is -3.71. The fourth-order valence-corrected chi connectivity index (χ4v) is 5.89. The molecule has 1 aliphatic heterocycles. The number of ether oxygens (including phenoxy) is 1. The minimum absolute atomic E-state index is 0.0481. The molecule has 0 aliphatic carbocycles. The molecule has 0 bridgehead atoms. The van der Waals surface area contributed by atoms with Crippen LogP contribution in [0.5, 0.6) is 5.75 Å². The lowest BCUT2D eigenvalue weighted by molar-refractivity contribution is 0.181. The molecular weight excluding hydrogens is 440 g/mol. The summed E-state index contributed by atoms with van der Waals surface area (Å²) < 4.78 is 33.7. The van der Waals surface area contributed by atoms with E-state index in [2.05, 4.69) is 45.3 Å². The highest BCUT2D eigenvalue weighted by atomic mass is 35.5. The molecule has 8 heteroatoms. The highest BCUT2D eigenvalue weighted by Crippen LogP contribution is 2.30. The predicted molar refractivity (Wildman–Crippen MR) is 121 cm³/mol. The first-order valence-electron chi connectivity index (χ1n) is 9.64. The molecule has 1 N–H and O–H groups in total. The van der Waals surface area contributed by atoms with Crippen LogP contribution in [0.2, 0.25) is 5.02 Å². The van der Waals surface area contributed by atoms with Crippen molar-refractivity contribution in [2.45, 2.75) is 23.9 Å². The highest BCUT2D eigenvalue weighted by Gasteiger charge is 2.27. The van der Waals surface area contributed by atoms with Crippen LogP contribution in [-0.2, 0) is 23.0 Å². The SMILES string of the molecule is COc1ccc(S(=O)(=O)NC[C@@H](c2ccsc2)N2CCc3ccccc3C2)cc1Cl. The lowest BCUT2D eigenvalue weighted by atomic mass is 9.97. The summed E-state index contributed by atoms with van der Waals surface area (Å²) in [7, 11) is -2.21. The highest BCUT2D eigenvalue weighted by molar-refractivity contribution is 7.89. The van der Waals surface area contributed by atoms with E-state index in [-0.39, 0.29) is 22.5 Å². The third-order valence-electron chi connectivity index (χ3n) is 5.43. The van der Waals surface area contributed by atoms with Gasteiger partial charge < -0.3 is 4.74 Å². The molecule has 4 rings (SSSR count). The Morgan fingerprint density at radius 1 is 1.20 bits per heavy atom. The topological polar surface area (TPSA) is 58.6 Å². The van der Waals surface area contributed by atoms with E-state index in [9.17, 15) is 8.42 Å². The van der Waals surface area contributed by atoms with Crippen molar-refractivity contribution in [3.63, 3.8) is 0 Å². The molecule has 1 aromatic heterocycles. The van der Waals surface area contributed by atoms with Gasteiger partial charge in [-0.2, -0.15) is 11.3 Å². The number of rotatable bonds is 7. The van der Waals surface area contributed by atoms with Crippen LogP contribution in [0, 0.1) is 0 Å². The van der Waals surface area contributed by atoms with Crippen molar-refractivity contribution in [1.82, 2.24) is 9.62 Å². The summed E-state index contributed by atoms with van der Waals surface area (Å²) in [6.45, 7) is 1.96. The second kappa shape index (κ2) is 9.08. The van der Waals surface area contributed by atoms with Crippen LogP contribution in [0.4, 0.5) is 0 Å². The molecular formula is C22H23ClN2O3S2. The van der Waals surface area contributed by atoms with E-state index in [1.807, 2.05) is 5.38 Å². The number of fused-ring (bicyclic) bond motifs is 1. The van der Waals surface area contributed by atoms with Crippen LogP contribution >= 0.6 is 22.9 Å². The van der Waals surface area contributed by atoms with E-state index in [1.165, 1.54) is 30.4 Å². The van der Waals surface area contributed by atoms with Crippen LogP contribution in [0.1, 0.15) is 22.7 Å². The first-order valence-corrected chi connectivity index (χ1v) is 12.4. The lowest BCUT2D eigenvalue weighted by Gasteiger charge is -2.35. The third-order valence-corrected chi connectivity index (χ3v) is 7.85. The number of benzene rings is 2. The van der Waals surface area contributed by atoms with Gasteiger partial charge in [-0.25, -0.2) is 13.1 Å². The monoisotopic (exact) mass is 462 g/mol. The molecule has 3 aromatic rings. The van der Waals surface area contributed by atoms with Gasteiger partial charge in [0.1, 0.15) is 5.75 Å². The van der Waals surface area contributed by atoms with Crippen molar-refractivity contribution >= 4 is 33.0 Å². The summed E-state index contributed by atoms with van der Waals surface area (Å²) in [4.78, 5) is 2.47. The molecule has 0 spiro atoms. The predicted octanol–water partition coefficient (Wildman–Crippen LogP) is 4.49. The van der Waals surface area contributed by atoms with Gasteiger partial charge >= 0.3 is 0 Å². The van der Waals surface area contributed by atoms with Gasteiger partial charge in [0.05, 0.1) is 17.0 Å². The number of nitrogens with zero attached hydrogens (tertiary/aromatic N) is 1. The van der Waals surface area contributed by atoms with E-state index in [0.717, 1.165) is 25.1 Å². The van der Waals surface area contributed by atoms with E-state index < -0.39 is 10.0 Å². The molecule has 158 valence electrons. The van der Waals surface area contributed by atoms with Crippen molar-refractivity contribution in [3.8, 4) is 5.75 Å². The number of methoxy groups -OCH3 is 1. The fourth-order valence-electron chi connectivity index (χ4n) is 3.79. The molecule has 1 aliphatic rings. The molecule has 5 nitrogen and oxygen atoms in total. The summed E-state index contributed by atoms with van der Waals surface area (Å²) in [5.74, 6) is 0.443. The zero-order valence-electron chi connectivity index (χ0n) is 16.5. The van der Waals surface area contributed by atoms with E-state index in [4.69, 9.17) is 16.3 Å². The van der Waals surface area contributed by atoms with Crippen molar-refractivity contribution in [1.29, 1.82) is 0 Å². The number of hydrogen-bond acceptors (Lipinski definition) is 5. The van der Waals surface area contributed by atoms with E-state index in [1.54, 1.807) is 17.4 Å². The van der Waals surface area contributed by atoms with Crippen LogP contribution < -0.4 is 9.46 Å². The Bertz CT molecular complexity index is 1120. The molecule has 1 atom stereocenters. The van der Waals surface area contributed by atoms with Crippen LogP contribution in [-0.4, -0.2) is 33.5 Å². The van der Waals surface area contributed by atoms with Gasteiger partial charge in [0.2, 0.25) is 10.0 Å². The van der Waals surface area contributed by atoms with Gasteiger partial charge in [0.25, 0.3) is 0 Å². The maximum Gasteiger partial charge on any atom is 0.240 e. The van der Waals surface area contributed by atoms with Gasteiger partial charge in [-0.3, -0.25) is 4.90 Å². The number of thiophene rings is 1.